The van der Waals surface area contributed by atoms with Gasteiger partial charge in [0.15, 0.2) is 0 Å². The molecule has 1 unspecified atom stereocenters. The number of amidine groups is 1. The number of amides is 3. The number of nitrogens with one attached hydrogen (secondary N) is 3. The Bertz CT molecular complexity index is 1150. The van der Waals surface area contributed by atoms with Crippen LogP contribution in [0.4, 0.5) is 10.5 Å². The van der Waals surface area contributed by atoms with E-state index in [2.05, 4.69) is 10.6 Å². The number of piperazine rings is 1. The Balaban J connectivity index is 1.52. The molecule has 3 rings (SSSR count). The van der Waals surface area contributed by atoms with Gasteiger partial charge in [0.25, 0.3) is 5.91 Å². The van der Waals surface area contributed by atoms with Crippen molar-refractivity contribution in [3.8, 4) is 0 Å². The summed E-state index contributed by atoms with van der Waals surface area (Å²) in [5, 5.41) is 22.0. The lowest BCUT2D eigenvalue weighted by atomic mass is 10.1. The summed E-state index contributed by atoms with van der Waals surface area (Å²) in [4.78, 5) is 51.7. The molecule has 1 aliphatic rings. The smallest absolute Gasteiger partial charge is 0.410 e. The Labute approximate surface area is 220 Å². The Morgan fingerprint density at radius 1 is 1.03 bits per heavy atom. The molecule has 2 aromatic carbocycles. The molecule has 0 bridgehead atoms. The van der Waals surface area contributed by atoms with Crippen LogP contribution in [0.2, 0.25) is 0 Å². The summed E-state index contributed by atoms with van der Waals surface area (Å²) in [6.07, 6.45) is -0.197. The van der Waals surface area contributed by atoms with Gasteiger partial charge in [0.2, 0.25) is 5.91 Å². The van der Waals surface area contributed by atoms with Crippen molar-refractivity contribution >= 4 is 35.4 Å². The second-order valence-electron chi connectivity index (χ2n) is 8.74. The molecule has 0 spiro atoms. The number of nitrogens with two attached hydrogens (primary N) is 1. The van der Waals surface area contributed by atoms with Gasteiger partial charge in [-0.15, -0.1) is 0 Å². The first kappa shape index (κ1) is 28.1. The number of benzene rings is 2. The van der Waals surface area contributed by atoms with E-state index in [-0.39, 0.29) is 25.4 Å². The molecule has 1 saturated heterocycles. The van der Waals surface area contributed by atoms with Gasteiger partial charge in [-0.1, -0.05) is 36.4 Å². The van der Waals surface area contributed by atoms with Crippen molar-refractivity contribution in [2.75, 3.05) is 38.0 Å². The zero-order valence-electron chi connectivity index (χ0n) is 20.9. The zero-order chi connectivity index (χ0) is 27.5. The third-order valence-corrected chi connectivity index (χ3v) is 5.93. The van der Waals surface area contributed by atoms with Crippen LogP contribution in [0.15, 0.2) is 54.6 Å². The Kier molecular flexibility index (Phi) is 10.2. The van der Waals surface area contributed by atoms with Crippen molar-refractivity contribution in [2.24, 2.45) is 5.73 Å². The van der Waals surface area contributed by atoms with Gasteiger partial charge in [-0.05, 0) is 30.2 Å². The molecule has 202 valence electrons. The third-order valence-electron chi connectivity index (χ3n) is 5.93. The molecule has 0 aliphatic carbocycles. The lowest BCUT2D eigenvalue weighted by Gasteiger charge is -2.37. The summed E-state index contributed by atoms with van der Waals surface area (Å²) < 4.78 is 5.37. The van der Waals surface area contributed by atoms with Crippen LogP contribution in [0, 0.1) is 5.41 Å². The maximum atomic E-state index is 13.0. The molecule has 1 fully saturated rings. The summed E-state index contributed by atoms with van der Waals surface area (Å²) in [6, 6.07) is 14.6. The molecule has 38 heavy (non-hydrogen) atoms. The van der Waals surface area contributed by atoms with Gasteiger partial charge < -0.3 is 31.1 Å². The van der Waals surface area contributed by atoms with Crippen LogP contribution in [0.1, 0.15) is 28.8 Å². The minimum absolute atomic E-state index is 0.0497. The van der Waals surface area contributed by atoms with Gasteiger partial charge in [0.1, 0.15) is 18.5 Å². The monoisotopic (exact) mass is 524 g/mol. The maximum absolute atomic E-state index is 13.0. The minimum Gasteiger partial charge on any atom is -0.481 e. The van der Waals surface area contributed by atoms with Crippen LogP contribution in [0.3, 0.4) is 0 Å². The highest BCUT2D eigenvalue weighted by Gasteiger charge is 2.33. The van der Waals surface area contributed by atoms with Crippen molar-refractivity contribution in [3.05, 3.63) is 65.7 Å². The van der Waals surface area contributed by atoms with Crippen molar-refractivity contribution in [1.29, 1.82) is 5.41 Å². The van der Waals surface area contributed by atoms with E-state index in [0.717, 1.165) is 5.56 Å². The first-order valence-electron chi connectivity index (χ1n) is 12.2. The van der Waals surface area contributed by atoms with Crippen molar-refractivity contribution in [1.82, 2.24) is 15.1 Å². The fraction of sp³-hybridized carbons (Fsp3) is 0.346. The minimum atomic E-state index is -1.05. The number of rotatable bonds is 11. The van der Waals surface area contributed by atoms with E-state index in [1.165, 1.54) is 6.07 Å². The van der Waals surface area contributed by atoms with E-state index in [9.17, 15) is 19.2 Å². The number of anilines is 1. The second kappa shape index (κ2) is 13.7. The number of hydrogen-bond donors (Lipinski definition) is 5. The van der Waals surface area contributed by atoms with Crippen LogP contribution >= 0.6 is 0 Å². The topological polar surface area (TPSA) is 178 Å². The first-order chi connectivity index (χ1) is 18.2. The van der Waals surface area contributed by atoms with Crippen molar-refractivity contribution < 1.29 is 29.0 Å². The van der Waals surface area contributed by atoms with Gasteiger partial charge in [-0.3, -0.25) is 24.7 Å². The number of nitrogens with zero attached hydrogens (tertiary/aromatic N) is 2. The Hall–Kier alpha value is -4.45. The predicted octanol–water partition coefficient (Wildman–Crippen LogP) is 1.48. The van der Waals surface area contributed by atoms with E-state index < -0.39 is 29.9 Å². The SMILES string of the molecule is N=C(N)C(C(=O)Nc1cccc(C(=O)NCCCC(=O)O)c1)N1CCN(C(=O)OCc2ccccc2)CC1. The molecule has 1 atom stereocenters. The van der Waals surface area contributed by atoms with Crippen molar-refractivity contribution in [3.63, 3.8) is 0 Å². The van der Waals surface area contributed by atoms with E-state index in [1.807, 2.05) is 30.3 Å². The second-order valence-corrected chi connectivity index (χ2v) is 8.74. The van der Waals surface area contributed by atoms with E-state index in [4.69, 9.17) is 21.0 Å². The van der Waals surface area contributed by atoms with Gasteiger partial charge in [-0.2, -0.15) is 0 Å². The van der Waals surface area contributed by atoms with E-state index in [0.29, 0.717) is 43.9 Å². The molecule has 1 heterocycles. The average Bonchev–Trinajstić information content (AvgIpc) is 2.90. The highest BCUT2D eigenvalue weighted by atomic mass is 16.6. The van der Waals surface area contributed by atoms with E-state index in [1.54, 1.807) is 28.0 Å². The molecule has 6 N–H and O–H groups in total. The molecule has 2 aromatic rings. The standard InChI is InChI=1S/C26H32N6O6/c27-23(28)22(31-12-14-32(15-13-31)26(37)38-17-18-6-2-1-3-7-18)25(36)30-20-9-4-8-19(16-20)24(35)29-11-5-10-21(33)34/h1-4,6-9,16,22H,5,10-15,17H2,(H3,27,28)(H,29,35)(H,30,36)(H,33,34). The lowest BCUT2D eigenvalue weighted by molar-refractivity contribution is -0.137. The summed E-state index contributed by atoms with van der Waals surface area (Å²) in [5.74, 6) is -2.20. The largest absolute Gasteiger partial charge is 0.481 e. The maximum Gasteiger partial charge on any atom is 0.410 e. The summed E-state index contributed by atoms with van der Waals surface area (Å²) in [5.41, 5.74) is 7.29. The molecule has 1 aliphatic heterocycles. The van der Waals surface area contributed by atoms with Crippen molar-refractivity contribution in [2.45, 2.75) is 25.5 Å². The summed E-state index contributed by atoms with van der Waals surface area (Å²) >= 11 is 0. The number of carbonyl (C=O) groups excluding carboxylic acids is 3. The number of aliphatic carboxylic acids is 1. The number of ether oxygens (including phenoxy) is 1. The van der Waals surface area contributed by atoms with Crippen LogP contribution < -0.4 is 16.4 Å². The zero-order valence-corrected chi connectivity index (χ0v) is 20.9. The molecule has 0 aromatic heterocycles. The molecule has 0 saturated carbocycles. The number of carbonyl (C=O) groups is 4. The predicted molar refractivity (Wildman–Crippen MR) is 140 cm³/mol. The normalized spacial score (nSPS) is 14.3. The van der Waals surface area contributed by atoms with Gasteiger partial charge in [0, 0.05) is 50.4 Å². The van der Waals surface area contributed by atoms with Gasteiger partial charge in [-0.25, -0.2) is 4.79 Å². The quantitative estimate of drug-likeness (QED) is 0.167. The molecule has 12 heteroatoms. The molecular weight excluding hydrogens is 492 g/mol. The van der Waals surface area contributed by atoms with Crippen LogP contribution in [0.5, 0.6) is 0 Å². The number of carboxylic acid groups (broad SMARTS) is 1. The van der Waals surface area contributed by atoms with Gasteiger partial charge >= 0.3 is 12.1 Å². The molecule has 12 nitrogen and oxygen atoms in total. The Morgan fingerprint density at radius 3 is 2.39 bits per heavy atom. The molecule has 0 radical (unpaired) electrons. The fourth-order valence-electron chi connectivity index (χ4n) is 3.97. The molecule has 3 amide bonds. The van der Waals surface area contributed by atoms with Crippen LogP contribution in [-0.2, 0) is 20.9 Å². The number of carboxylic acids is 1. The highest BCUT2D eigenvalue weighted by Crippen LogP contribution is 2.15. The number of hydrogen-bond acceptors (Lipinski definition) is 7. The summed E-state index contributed by atoms with van der Waals surface area (Å²) in [7, 11) is 0. The Morgan fingerprint density at radius 2 is 1.74 bits per heavy atom. The fourth-order valence-corrected chi connectivity index (χ4v) is 3.97. The third kappa shape index (κ3) is 8.30. The highest BCUT2D eigenvalue weighted by molar-refractivity contribution is 6.10. The summed E-state index contributed by atoms with van der Waals surface area (Å²) in [6.45, 7) is 1.62. The molecular formula is C26H32N6O6. The lowest BCUT2D eigenvalue weighted by Crippen LogP contribution is -2.58. The van der Waals surface area contributed by atoms with Crippen LogP contribution in [0.25, 0.3) is 0 Å². The van der Waals surface area contributed by atoms with Gasteiger partial charge in [0.05, 0.1) is 0 Å². The van der Waals surface area contributed by atoms with E-state index >= 15 is 0 Å². The van der Waals surface area contributed by atoms with Crippen LogP contribution in [-0.4, -0.2) is 83.4 Å². The first-order valence-corrected chi connectivity index (χ1v) is 12.2. The average molecular weight is 525 g/mol.